The number of Topliss-reactive ketones (excluding diaryl/α,β-unsaturated/α-hetero) is 2. The van der Waals surface area contributed by atoms with Crippen LogP contribution in [0.1, 0.15) is 46.5 Å². The minimum Gasteiger partial charge on any atom is -0.491 e. The Morgan fingerprint density at radius 3 is 1.98 bits per heavy atom. The van der Waals surface area contributed by atoms with E-state index in [9.17, 15) is 58.7 Å². The van der Waals surface area contributed by atoms with Crippen LogP contribution in [0.5, 0.6) is 11.5 Å². The molecule has 2 aromatic heterocycles. The molecule has 13 nitrogen and oxygen atoms in total. The van der Waals surface area contributed by atoms with Crippen molar-refractivity contribution >= 4 is 52.8 Å². The number of methoxy groups -OCH3 is 1. The molecule has 0 bridgehead atoms. The summed E-state index contributed by atoms with van der Waals surface area (Å²) in [5.41, 5.74) is 6.60. The Kier molecular flexibility index (Phi) is 17.6. The van der Waals surface area contributed by atoms with Crippen molar-refractivity contribution in [1.82, 2.24) is 9.97 Å². The molecule has 0 aliphatic heterocycles. The van der Waals surface area contributed by atoms with Gasteiger partial charge in [0.25, 0.3) is 11.8 Å². The van der Waals surface area contributed by atoms with Gasteiger partial charge in [-0.05, 0) is 62.1 Å². The van der Waals surface area contributed by atoms with E-state index in [-0.39, 0.29) is 23.5 Å². The van der Waals surface area contributed by atoms with Crippen molar-refractivity contribution < 1.29 is 77.7 Å². The molecule has 0 spiro atoms. The van der Waals surface area contributed by atoms with Gasteiger partial charge in [-0.1, -0.05) is 11.6 Å². The van der Waals surface area contributed by atoms with E-state index in [1.165, 1.54) is 12.4 Å². The number of carbonyl (C=O) groups is 5. The van der Waals surface area contributed by atoms with Crippen molar-refractivity contribution in [3.8, 4) is 11.5 Å². The fraction of sp³-hybridized carbons (Fsp3) is 0.364. The molecule has 3 aromatic rings. The highest BCUT2D eigenvalue weighted by molar-refractivity contribution is 6.41. The summed E-state index contributed by atoms with van der Waals surface area (Å²) >= 11 is 5.86. The number of rotatable bonds is 11. The molecule has 1 aliphatic rings. The molecule has 306 valence electrons. The molecular weight excluding hydrogens is 801 g/mol. The Balaban J connectivity index is 0.000000499. The van der Waals surface area contributed by atoms with E-state index in [2.05, 4.69) is 20.6 Å². The number of carbonyl (C=O) groups excluding carboxylic acids is 5. The van der Waals surface area contributed by atoms with Gasteiger partial charge in [-0.3, -0.25) is 24.0 Å². The highest BCUT2D eigenvalue weighted by Gasteiger charge is 2.54. The van der Waals surface area contributed by atoms with Crippen LogP contribution >= 0.6 is 11.6 Å². The molecule has 4 N–H and O–H groups in total. The second-order valence-electron chi connectivity index (χ2n) is 11.1. The van der Waals surface area contributed by atoms with Gasteiger partial charge in [-0.25, -0.2) is 9.97 Å². The number of nitrogens with two attached hydrogens (primary N) is 1. The number of aldehydes is 1. The maximum Gasteiger partial charge on any atom is 0.458 e. The Morgan fingerprint density at radius 1 is 0.857 bits per heavy atom. The molecule has 0 atom stereocenters. The number of hydrogen-bond donors (Lipinski definition) is 3. The van der Waals surface area contributed by atoms with E-state index in [0.29, 0.717) is 41.1 Å². The highest BCUT2D eigenvalue weighted by Crippen LogP contribution is 2.31. The van der Waals surface area contributed by atoms with Crippen LogP contribution < -0.4 is 25.8 Å². The first-order chi connectivity index (χ1) is 26.0. The smallest absolute Gasteiger partial charge is 0.458 e. The Labute approximate surface area is 316 Å². The van der Waals surface area contributed by atoms with Crippen molar-refractivity contribution in [2.75, 3.05) is 31.0 Å². The minimum atomic E-state index is -5.77. The maximum absolute atomic E-state index is 13.4. The predicted molar refractivity (Wildman–Crippen MR) is 178 cm³/mol. The fourth-order valence-electron chi connectivity index (χ4n) is 4.27. The molecule has 1 fully saturated rings. The van der Waals surface area contributed by atoms with Gasteiger partial charge in [-0.15, -0.1) is 0 Å². The monoisotopic (exact) mass is 831 g/mol. The summed E-state index contributed by atoms with van der Waals surface area (Å²) in [6.07, 6.45) is -11.1. The first kappa shape index (κ1) is 46.8. The molecule has 1 saturated carbocycles. The topological polar surface area (TPSA) is 189 Å². The number of anilines is 2. The normalized spacial score (nSPS) is 15.4. The van der Waals surface area contributed by atoms with Gasteiger partial charge < -0.3 is 30.6 Å². The summed E-state index contributed by atoms with van der Waals surface area (Å²) in [7, 11) is 1.60. The van der Waals surface area contributed by atoms with Crippen molar-refractivity contribution in [3.63, 3.8) is 0 Å². The standard InChI is InChI=1S/C27H30ClN5O5.C4F6O2.C2HF3O/c1-36-13-14-37-20-9-10-21(23(15-20)38-19-7-5-18(29)6-8-19)26(34)32-22-3-2-12-30-25(22)27(35)33-24-11-4-17(28)16-31-24;5-3(6,7)1(11)2(12)4(8,9)10;3-2(4,5)1-6/h2-4,9-12,15-16,18-19H,5-8,13-14,29H2,1H3,(H,32,34)(H,31,33,35);;1H. The first-order valence-electron chi connectivity index (χ1n) is 15.7. The predicted octanol–water partition coefficient (Wildman–Crippen LogP) is 6.31. The number of halogens is 10. The van der Waals surface area contributed by atoms with Crippen LogP contribution in [-0.4, -0.2) is 90.6 Å². The molecule has 2 heterocycles. The number of aromatic nitrogens is 2. The summed E-state index contributed by atoms with van der Waals surface area (Å²) < 4.78 is 115. The van der Waals surface area contributed by atoms with Gasteiger partial charge in [0.1, 0.15) is 23.9 Å². The van der Waals surface area contributed by atoms with E-state index in [1.807, 2.05) is 0 Å². The zero-order valence-electron chi connectivity index (χ0n) is 28.7. The van der Waals surface area contributed by atoms with Crippen LogP contribution in [-0.2, 0) is 19.1 Å². The minimum absolute atomic E-state index is 0.0286. The third-order valence-electron chi connectivity index (χ3n) is 6.86. The number of ether oxygens (including phenoxy) is 3. The molecule has 0 saturated heterocycles. The van der Waals surface area contributed by atoms with Crippen LogP contribution in [0.4, 0.5) is 51.0 Å². The summed E-state index contributed by atoms with van der Waals surface area (Å²) in [6.45, 7) is 0.784. The Bertz CT molecular complexity index is 1780. The van der Waals surface area contributed by atoms with Crippen molar-refractivity contribution in [1.29, 1.82) is 0 Å². The highest BCUT2D eigenvalue weighted by atomic mass is 35.5. The lowest BCUT2D eigenvalue weighted by molar-refractivity contribution is -0.193. The van der Waals surface area contributed by atoms with E-state index < -0.39 is 48.2 Å². The summed E-state index contributed by atoms with van der Waals surface area (Å²) in [5, 5.41) is 5.89. The number of amides is 2. The van der Waals surface area contributed by atoms with Gasteiger partial charge in [-0.2, -0.15) is 39.5 Å². The summed E-state index contributed by atoms with van der Waals surface area (Å²) in [6, 6.07) is 11.6. The van der Waals surface area contributed by atoms with Gasteiger partial charge in [0.05, 0.1) is 29.0 Å². The Hall–Kier alpha value is -5.35. The van der Waals surface area contributed by atoms with Crippen LogP contribution in [0.25, 0.3) is 0 Å². The number of nitrogens with one attached hydrogen (secondary N) is 2. The number of alkyl halides is 9. The SMILES string of the molecule is COCCOc1ccc(C(=O)Nc2cccnc2C(=O)Nc2ccc(Cl)cn2)c(OC2CCC(N)CC2)c1.O=C(C(=O)C(F)(F)F)C(F)(F)F.O=CC(F)(F)F. The molecule has 56 heavy (non-hydrogen) atoms. The molecule has 0 radical (unpaired) electrons. The van der Waals surface area contributed by atoms with Crippen LogP contribution in [0.15, 0.2) is 54.9 Å². The lowest BCUT2D eigenvalue weighted by Crippen LogP contribution is -2.39. The second-order valence-corrected chi connectivity index (χ2v) is 11.6. The van der Waals surface area contributed by atoms with Crippen LogP contribution in [0.3, 0.4) is 0 Å². The quantitative estimate of drug-likeness (QED) is 0.0851. The third-order valence-corrected chi connectivity index (χ3v) is 7.08. The Morgan fingerprint density at radius 2 is 1.46 bits per heavy atom. The number of ketones is 2. The number of hydrogen-bond acceptors (Lipinski definition) is 11. The van der Waals surface area contributed by atoms with E-state index >= 15 is 0 Å². The number of nitrogens with zero attached hydrogens (tertiary/aromatic N) is 2. The van der Waals surface area contributed by atoms with Gasteiger partial charge in [0.2, 0.25) is 6.29 Å². The molecule has 0 unspecified atom stereocenters. The summed E-state index contributed by atoms with van der Waals surface area (Å²) in [5.74, 6) is -6.56. The van der Waals surface area contributed by atoms with Gasteiger partial charge in [0, 0.05) is 31.6 Å². The number of benzene rings is 1. The van der Waals surface area contributed by atoms with Crippen molar-refractivity contribution in [2.45, 2.75) is 56.4 Å². The third kappa shape index (κ3) is 16.2. The molecular formula is C33H31ClF9N5O8. The average molecular weight is 832 g/mol. The molecule has 2 amide bonds. The first-order valence-corrected chi connectivity index (χ1v) is 16.1. The maximum atomic E-state index is 13.4. The zero-order chi connectivity index (χ0) is 42.3. The van der Waals surface area contributed by atoms with Crippen molar-refractivity contribution in [3.05, 3.63) is 71.1 Å². The lowest BCUT2D eigenvalue weighted by Gasteiger charge is -2.27. The number of pyridine rings is 2. The van der Waals surface area contributed by atoms with Gasteiger partial charge in [0.15, 0.2) is 5.69 Å². The van der Waals surface area contributed by atoms with Crippen LogP contribution in [0, 0.1) is 0 Å². The van der Waals surface area contributed by atoms with E-state index in [1.54, 1.807) is 49.6 Å². The largest absolute Gasteiger partial charge is 0.491 e. The van der Waals surface area contributed by atoms with Gasteiger partial charge >= 0.3 is 30.1 Å². The molecule has 23 heteroatoms. The summed E-state index contributed by atoms with van der Waals surface area (Å²) in [4.78, 5) is 62.5. The fourth-order valence-corrected chi connectivity index (χ4v) is 4.38. The van der Waals surface area contributed by atoms with E-state index in [0.717, 1.165) is 25.7 Å². The van der Waals surface area contributed by atoms with E-state index in [4.69, 9.17) is 36.3 Å². The average Bonchev–Trinajstić information content (AvgIpc) is 3.12. The lowest BCUT2D eigenvalue weighted by atomic mass is 9.93. The van der Waals surface area contributed by atoms with Crippen LogP contribution in [0.2, 0.25) is 5.02 Å². The molecule has 4 rings (SSSR count). The van der Waals surface area contributed by atoms with Crippen molar-refractivity contribution in [2.24, 2.45) is 5.73 Å². The molecule has 1 aliphatic carbocycles. The zero-order valence-corrected chi connectivity index (χ0v) is 29.4. The molecule has 1 aromatic carbocycles. The second kappa shape index (κ2) is 21.1.